The average Bonchev–Trinajstić information content (AvgIpc) is 1.96. The van der Waals surface area contributed by atoms with Gasteiger partial charge in [0.1, 0.15) is 5.82 Å². The van der Waals surface area contributed by atoms with Crippen LogP contribution in [0.1, 0.15) is 23.7 Å². The van der Waals surface area contributed by atoms with Crippen molar-refractivity contribution < 1.29 is 0 Å². The molecule has 1 aliphatic rings. The van der Waals surface area contributed by atoms with E-state index in [-0.39, 0.29) is 0 Å². The number of aromatic nitrogens is 1. The second-order valence-electron chi connectivity index (χ2n) is 3.33. The van der Waals surface area contributed by atoms with Gasteiger partial charge in [0.15, 0.2) is 0 Å². The molecule has 0 unspecified atom stereocenters. The van der Waals surface area contributed by atoms with Gasteiger partial charge in [-0.25, -0.2) is 4.98 Å². The van der Waals surface area contributed by atoms with E-state index in [0.717, 1.165) is 28.7 Å². The van der Waals surface area contributed by atoms with Crippen LogP contribution in [0.15, 0.2) is 10.5 Å². The van der Waals surface area contributed by atoms with Crippen molar-refractivity contribution in [3.63, 3.8) is 0 Å². The number of nitrogens with zero attached hydrogens (tertiary/aromatic N) is 1. The highest BCUT2D eigenvalue weighted by Crippen LogP contribution is 2.29. The smallest absolute Gasteiger partial charge is 0.128 e. The molecular formula is C9H12BrN3. The van der Waals surface area contributed by atoms with E-state index in [1.54, 1.807) is 0 Å². The standard InChI is InChI=1S/C9H12BrN3/c1-5-7(10)4-6(9(11)13-5)8-2-3-12-8/h4,8,12H,2-3H2,1H3,(H2,11,13)/t8-/m0/s1. The van der Waals surface area contributed by atoms with E-state index in [4.69, 9.17) is 5.73 Å². The summed E-state index contributed by atoms with van der Waals surface area (Å²) in [5.41, 5.74) is 7.89. The van der Waals surface area contributed by atoms with Crippen molar-refractivity contribution in [3.05, 3.63) is 21.8 Å². The highest BCUT2D eigenvalue weighted by atomic mass is 79.9. The van der Waals surface area contributed by atoms with E-state index in [1.165, 1.54) is 0 Å². The highest BCUT2D eigenvalue weighted by Gasteiger charge is 2.21. The van der Waals surface area contributed by atoms with Crippen molar-refractivity contribution in [2.75, 3.05) is 12.3 Å². The van der Waals surface area contributed by atoms with Crippen LogP contribution < -0.4 is 11.1 Å². The highest BCUT2D eigenvalue weighted by molar-refractivity contribution is 9.10. The van der Waals surface area contributed by atoms with Crippen molar-refractivity contribution in [2.24, 2.45) is 0 Å². The molecule has 1 fully saturated rings. The average molecular weight is 242 g/mol. The van der Waals surface area contributed by atoms with E-state index in [9.17, 15) is 0 Å². The predicted octanol–water partition coefficient (Wildman–Crippen LogP) is 1.77. The molecule has 1 saturated heterocycles. The first-order valence-electron chi connectivity index (χ1n) is 4.34. The molecule has 0 saturated carbocycles. The van der Waals surface area contributed by atoms with Gasteiger partial charge in [0.2, 0.25) is 0 Å². The fourth-order valence-electron chi connectivity index (χ4n) is 1.45. The van der Waals surface area contributed by atoms with Gasteiger partial charge in [-0.1, -0.05) is 0 Å². The topological polar surface area (TPSA) is 50.9 Å². The summed E-state index contributed by atoms with van der Waals surface area (Å²) in [5.74, 6) is 0.651. The minimum Gasteiger partial charge on any atom is -0.383 e. The summed E-state index contributed by atoms with van der Waals surface area (Å²) in [6.45, 7) is 3.02. The summed E-state index contributed by atoms with van der Waals surface area (Å²) in [6.07, 6.45) is 1.15. The summed E-state index contributed by atoms with van der Waals surface area (Å²) in [6, 6.07) is 2.47. The Hall–Kier alpha value is -0.610. The molecule has 3 nitrogen and oxygen atoms in total. The van der Waals surface area contributed by atoms with Gasteiger partial charge < -0.3 is 11.1 Å². The van der Waals surface area contributed by atoms with E-state index < -0.39 is 0 Å². The summed E-state index contributed by atoms with van der Waals surface area (Å²) < 4.78 is 1.03. The fraction of sp³-hybridized carbons (Fsp3) is 0.444. The number of rotatable bonds is 1. The predicted molar refractivity (Wildman–Crippen MR) is 56.4 cm³/mol. The number of halogens is 1. The Morgan fingerprint density at radius 3 is 2.92 bits per heavy atom. The van der Waals surface area contributed by atoms with Gasteiger partial charge in [-0.2, -0.15) is 0 Å². The summed E-state index contributed by atoms with van der Waals surface area (Å²) in [7, 11) is 0. The molecule has 0 spiro atoms. The van der Waals surface area contributed by atoms with Crippen LogP contribution >= 0.6 is 15.9 Å². The third-order valence-corrected chi connectivity index (χ3v) is 3.21. The maximum atomic E-state index is 5.83. The molecule has 0 amide bonds. The number of hydrogen-bond acceptors (Lipinski definition) is 3. The first-order valence-corrected chi connectivity index (χ1v) is 5.13. The number of pyridine rings is 1. The quantitative estimate of drug-likeness (QED) is 0.789. The van der Waals surface area contributed by atoms with Gasteiger partial charge in [-0.05, 0) is 41.9 Å². The number of aryl methyl sites for hydroxylation is 1. The number of nitrogens with two attached hydrogens (primary N) is 1. The Balaban J connectivity index is 2.39. The SMILES string of the molecule is Cc1nc(N)c([C@@H]2CCN2)cc1Br. The zero-order valence-corrected chi connectivity index (χ0v) is 9.06. The molecule has 4 heteroatoms. The molecule has 0 bridgehead atoms. The fourth-order valence-corrected chi connectivity index (χ4v) is 1.78. The van der Waals surface area contributed by atoms with Crippen LogP contribution in [-0.2, 0) is 0 Å². The van der Waals surface area contributed by atoms with Gasteiger partial charge >= 0.3 is 0 Å². The molecule has 0 aromatic carbocycles. The number of anilines is 1. The Morgan fingerprint density at radius 1 is 1.69 bits per heavy atom. The molecule has 1 aromatic heterocycles. The minimum absolute atomic E-state index is 0.407. The largest absolute Gasteiger partial charge is 0.383 e. The van der Waals surface area contributed by atoms with Crippen LogP contribution in [0, 0.1) is 6.92 Å². The van der Waals surface area contributed by atoms with Crippen molar-refractivity contribution in [1.29, 1.82) is 0 Å². The van der Waals surface area contributed by atoms with E-state index in [2.05, 4.69) is 32.3 Å². The maximum absolute atomic E-state index is 5.83. The lowest BCUT2D eigenvalue weighted by molar-refractivity contribution is 0.383. The van der Waals surface area contributed by atoms with Crippen LogP contribution in [-0.4, -0.2) is 11.5 Å². The molecule has 0 radical (unpaired) electrons. The van der Waals surface area contributed by atoms with Crippen LogP contribution in [0.5, 0.6) is 0 Å². The molecule has 2 rings (SSSR count). The minimum atomic E-state index is 0.407. The molecule has 70 valence electrons. The molecule has 13 heavy (non-hydrogen) atoms. The van der Waals surface area contributed by atoms with E-state index in [1.807, 2.05) is 6.92 Å². The van der Waals surface area contributed by atoms with Gasteiger partial charge in [0, 0.05) is 16.1 Å². The molecule has 2 heterocycles. The van der Waals surface area contributed by atoms with Gasteiger partial charge in [-0.3, -0.25) is 0 Å². The first-order chi connectivity index (χ1) is 6.18. The Morgan fingerprint density at radius 2 is 2.38 bits per heavy atom. The van der Waals surface area contributed by atoms with Crippen LogP contribution in [0.4, 0.5) is 5.82 Å². The van der Waals surface area contributed by atoms with Crippen molar-refractivity contribution in [3.8, 4) is 0 Å². The third-order valence-electron chi connectivity index (χ3n) is 2.41. The van der Waals surface area contributed by atoms with Gasteiger partial charge in [0.25, 0.3) is 0 Å². The van der Waals surface area contributed by atoms with E-state index in [0.29, 0.717) is 11.9 Å². The Labute approximate surface area is 85.9 Å². The third kappa shape index (κ3) is 1.56. The molecule has 1 aromatic rings. The monoisotopic (exact) mass is 241 g/mol. The second kappa shape index (κ2) is 3.27. The zero-order valence-electron chi connectivity index (χ0n) is 7.47. The molecule has 1 atom stereocenters. The first kappa shape index (κ1) is 8.97. The molecule has 0 aliphatic carbocycles. The van der Waals surface area contributed by atoms with Crippen LogP contribution in [0.2, 0.25) is 0 Å². The zero-order chi connectivity index (χ0) is 9.42. The lowest BCUT2D eigenvalue weighted by Gasteiger charge is -2.28. The second-order valence-corrected chi connectivity index (χ2v) is 4.18. The summed E-state index contributed by atoms with van der Waals surface area (Å²) in [4.78, 5) is 4.27. The Kier molecular flexibility index (Phi) is 2.26. The normalized spacial score (nSPS) is 21.2. The van der Waals surface area contributed by atoms with Gasteiger partial charge in [-0.15, -0.1) is 0 Å². The van der Waals surface area contributed by atoms with Gasteiger partial charge in [0.05, 0.1) is 5.69 Å². The lowest BCUT2D eigenvalue weighted by atomic mass is 9.98. The van der Waals surface area contributed by atoms with Crippen molar-refractivity contribution in [2.45, 2.75) is 19.4 Å². The molecule has 1 aliphatic heterocycles. The number of nitrogens with one attached hydrogen (secondary N) is 1. The summed E-state index contributed by atoms with van der Waals surface area (Å²) >= 11 is 3.46. The molecular weight excluding hydrogens is 230 g/mol. The number of hydrogen-bond donors (Lipinski definition) is 2. The van der Waals surface area contributed by atoms with Crippen molar-refractivity contribution >= 4 is 21.7 Å². The Bertz CT molecular complexity index is 334. The molecule has 3 N–H and O–H groups in total. The number of nitrogen functional groups attached to an aromatic ring is 1. The van der Waals surface area contributed by atoms with Crippen LogP contribution in [0.25, 0.3) is 0 Å². The maximum Gasteiger partial charge on any atom is 0.128 e. The van der Waals surface area contributed by atoms with Crippen molar-refractivity contribution in [1.82, 2.24) is 10.3 Å². The lowest BCUT2D eigenvalue weighted by Crippen LogP contribution is -2.35. The van der Waals surface area contributed by atoms with Crippen LogP contribution in [0.3, 0.4) is 0 Å². The summed E-state index contributed by atoms with van der Waals surface area (Å²) in [5, 5.41) is 3.31. The van der Waals surface area contributed by atoms with E-state index >= 15 is 0 Å².